The number of nitrogens with one attached hydrogen (secondary N) is 1. The van der Waals surface area contributed by atoms with Gasteiger partial charge in [0.05, 0.1) is 0 Å². The topological polar surface area (TPSA) is 61.9 Å². The molecule has 0 aromatic heterocycles. The minimum absolute atomic E-state index is 0.0825. The van der Waals surface area contributed by atoms with Crippen LogP contribution in [0.3, 0.4) is 0 Å². The molecule has 0 saturated carbocycles. The first kappa shape index (κ1) is 19.6. The van der Waals surface area contributed by atoms with Crippen LogP contribution in [0.25, 0.3) is 0 Å². The average molecular weight is 412 g/mol. The molecule has 138 valence electrons. The third-order valence-electron chi connectivity index (χ3n) is 3.82. The Labute approximate surface area is 157 Å². The van der Waals surface area contributed by atoms with Gasteiger partial charge < -0.3 is 19.9 Å². The lowest BCUT2D eigenvalue weighted by molar-refractivity contribution is 0.0170. The van der Waals surface area contributed by atoms with Crippen molar-refractivity contribution >= 4 is 28.1 Å². The second-order valence-electron chi connectivity index (χ2n) is 7.06. The summed E-state index contributed by atoms with van der Waals surface area (Å²) in [7, 11) is 0. The highest BCUT2D eigenvalue weighted by Crippen LogP contribution is 2.12. The first-order valence-corrected chi connectivity index (χ1v) is 9.29. The van der Waals surface area contributed by atoms with Crippen LogP contribution >= 0.6 is 15.9 Å². The maximum atomic E-state index is 12.2. The standard InChI is InChI=1S/C18H26BrN3O3/c1-18(2,3)25-17(24)22-12-10-21(11-13-22)16(23)20-9-8-14-4-6-15(19)7-5-14/h4-7H,8-13H2,1-3H3,(H,20,23). The minimum atomic E-state index is -0.501. The Balaban J connectivity index is 1.70. The van der Waals surface area contributed by atoms with Gasteiger partial charge in [0.25, 0.3) is 0 Å². The van der Waals surface area contributed by atoms with Crippen molar-refractivity contribution in [2.75, 3.05) is 32.7 Å². The maximum Gasteiger partial charge on any atom is 0.410 e. The van der Waals surface area contributed by atoms with Crippen LogP contribution in [0.15, 0.2) is 28.7 Å². The zero-order valence-corrected chi connectivity index (χ0v) is 16.6. The molecule has 0 unspecified atom stereocenters. The molecule has 0 atom stereocenters. The minimum Gasteiger partial charge on any atom is -0.444 e. The Morgan fingerprint density at radius 3 is 2.20 bits per heavy atom. The molecule has 1 heterocycles. The van der Waals surface area contributed by atoms with E-state index in [0.717, 1.165) is 10.9 Å². The van der Waals surface area contributed by atoms with Crippen molar-refractivity contribution in [2.24, 2.45) is 0 Å². The van der Waals surface area contributed by atoms with Crippen molar-refractivity contribution in [3.8, 4) is 0 Å². The van der Waals surface area contributed by atoms with Crippen molar-refractivity contribution < 1.29 is 14.3 Å². The van der Waals surface area contributed by atoms with Crippen molar-refractivity contribution in [3.05, 3.63) is 34.3 Å². The molecule has 2 rings (SSSR count). The van der Waals surface area contributed by atoms with Crippen LogP contribution in [0.1, 0.15) is 26.3 Å². The zero-order chi connectivity index (χ0) is 18.4. The molecule has 7 heteroatoms. The van der Waals surface area contributed by atoms with Crippen molar-refractivity contribution in [2.45, 2.75) is 32.8 Å². The quantitative estimate of drug-likeness (QED) is 0.829. The highest BCUT2D eigenvalue weighted by Gasteiger charge is 2.27. The number of nitrogens with zero attached hydrogens (tertiary/aromatic N) is 2. The maximum absolute atomic E-state index is 12.2. The normalized spacial score (nSPS) is 15.0. The fraction of sp³-hybridized carbons (Fsp3) is 0.556. The Morgan fingerprint density at radius 1 is 1.08 bits per heavy atom. The van der Waals surface area contributed by atoms with Crippen molar-refractivity contribution in [3.63, 3.8) is 0 Å². The second kappa shape index (κ2) is 8.56. The van der Waals surface area contributed by atoms with Crippen LogP contribution in [0.2, 0.25) is 0 Å². The molecule has 6 nitrogen and oxygen atoms in total. The predicted molar refractivity (Wildman–Crippen MR) is 101 cm³/mol. The molecule has 1 N–H and O–H groups in total. The summed E-state index contributed by atoms with van der Waals surface area (Å²) in [6.07, 6.45) is 0.472. The molecule has 1 aliphatic heterocycles. The number of hydrogen-bond acceptors (Lipinski definition) is 3. The molecule has 0 spiro atoms. The van der Waals surface area contributed by atoms with Crippen molar-refractivity contribution in [1.82, 2.24) is 15.1 Å². The van der Waals surface area contributed by atoms with Gasteiger partial charge in [0, 0.05) is 37.2 Å². The van der Waals surface area contributed by atoms with Gasteiger partial charge >= 0.3 is 12.1 Å². The van der Waals surface area contributed by atoms with E-state index in [-0.39, 0.29) is 12.1 Å². The van der Waals surface area contributed by atoms with E-state index in [1.165, 1.54) is 5.56 Å². The summed E-state index contributed by atoms with van der Waals surface area (Å²) in [5, 5.41) is 2.94. The molecule has 1 aromatic rings. The molecule has 1 saturated heterocycles. The van der Waals surface area contributed by atoms with Crippen LogP contribution in [-0.4, -0.2) is 60.2 Å². The van der Waals surface area contributed by atoms with Gasteiger partial charge in [-0.15, -0.1) is 0 Å². The van der Waals surface area contributed by atoms with Gasteiger partial charge in [-0.1, -0.05) is 28.1 Å². The molecule has 1 aliphatic rings. The summed E-state index contributed by atoms with van der Waals surface area (Å²) >= 11 is 3.41. The summed E-state index contributed by atoms with van der Waals surface area (Å²) in [6.45, 7) is 8.16. The van der Waals surface area contributed by atoms with Crippen molar-refractivity contribution in [1.29, 1.82) is 0 Å². The number of carbonyl (C=O) groups is 2. The lowest BCUT2D eigenvalue weighted by atomic mass is 10.1. The van der Waals surface area contributed by atoms with Crippen LogP contribution < -0.4 is 5.32 Å². The third kappa shape index (κ3) is 6.57. The largest absolute Gasteiger partial charge is 0.444 e. The summed E-state index contributed by atoms with van der Waals surface area (Å²) in [5.41, 5.74) is 0.678. The number of benzene rings is 1. The van der Waals surface area contributed by atoms with Gasteiger partial charge in [0.1, 0.15) is 5.60 Å². The van der Waals surface area contributed by atoms with Gasteiger partial charge in [0.15, 0.2) is 0 Å². The third-order valence-corrected chi connectivity index (χ3v) is 4.35. The number of urea groups is 1. The van der Waals surface area contributed by atoms with E-state index in [1.54, 1.807) is 9.80 Å². The van der Waals surface area contributed by atoms with E-state index in [9.17, 15) is 9.59 Å². The molecule has 1 fully saturated rings. The number of amides is 3. The van der Waals surface area contributed by atoms with E-state index in [0.29, 0.717) is 32.7 Å². The summed E-state index contributed by atoms with van der Waals surface area (Å²) in [5.74, 6) is 0. The Morgan fingerprint density at radius 2 is 1.64 bits per heavy atom. The van der Waals surface area contributed by atoms with Gasteiger partial charge in [0.2, 0.25) is 0 Å². The second-order valence-corrected chi connectivity index (χ2v) is 7.98. The lowest BCUT2D eigenvalue weighted by Crippen LogP contribution is -2.54. The Hall–Kier alpha value is -1.76. The fourth-order valence-electron chi connectivity index (χ4n) is 2.50. The molecular formula is C18H26BrN3O3. The molecular weight excluding hydrogens is 386 g/mol. The van der Waals surface area contributed by atoms with E-state index in [2.05, 4.69) is 21.2 Å². The number of hydrogen-bond donors (Lipinski definition) is 1. The van der Waals surface area contributed by atoms with Crippen LogP contribution in [0.4, 0.5) is 9.59 Å². The Kier molecular flexibility index (Phi) is 6.70. The number of carbonyl (C=O) groups excluding carboxylic acids is 2. The first-order chi connectivity index (χ1) is 11.7. The number of halogens is 1. The summed E-state index contributed by atoms with van der Waals surface area (Å²) in [4.78, 5) is 27.6. The zero-order valence-electron chi connectivity index (χ0n) is 15.0. The first-order valence-electron chi connectivity index (χ1n) is 8.50. The number of ether oxygens (including phenoxy) is 1. The highest BCUT2D eigenvalue weighted by atomic mass is 79.9. The highest BCUT2D eigenvalue weighted by molar-refractivity contribution is 9.10. The molecule has 0 bridgehead atoms. The lowest BCUT2D eigenvalue weighted by Gasteiger charge is -2.35. The van der Waals surface area contributed by atoms with E-state index < -0.39 is 5.60 Å². The van der Waals surface area contributed by atoms with E-state index >= 15 is 0 Å². The fourth-order valence-corrected chi connectivity index (χ4v) is 2.76. The van der Waals surface area contributed by atoms with Gasteiger partial charge in [-0.2, -0.15) is 0 Å². The van der Waals surface area contributed by atoms with Gasteiger partial charge in [-0.25, -0.2) is 9.59 Å². The van der Waals surface area contributed by atoms with Crippen LogP contribution in [0, 0.1) is 0 Å². The molecule has 25 heavy (non-hydrogen) atoms. The van der Waals surface area contributed by atoms with E-state index in [4.69, 9.17) is 4.74 Å². The molecule has 0 aliphatic carbocycles. The average Bonchev–Trinajstić information content (AvgIpc) is 2.55. The van der Waals surface area contributed by atoms with Gasteiger partial charge in [-0.05, 0) is 44.9 Å². The number of piperazine rings is 1. The monoisotopic (exact) mass is 411 g/mol. The summed E-state index contributed by atoms with van der Waals surface area (Å²) < 4.78 is 6.40. The predicted octanol–water partition coefficient (Wildman–Crippen LogP) is 3.25. The number of rotatable bonds is 3. The van der Waals surface area contributed by atoms with Crippen LogP contribution in [-0.2, 0) is 11.2 Å². The summed E-state index contributed by atoms with van der Waals surface area (Å²) in [6, 6.07) is 7.98. The Bertz CT molecular complexity index is 591. The van der Waals surface area contributed by atoms with Crippen LogP contribution in [0.5, 0.6) is 0 Å². The van der Waals surface area contributed by atoms with Gasteiger partial charge in [-0.3, -0.25) is 0 Å². The SMILES string of the molecule is CC(C)(C)OC(=O)N1CCN(C(=O)NCCc2ccc(Br)cc2)CC1. The van der Waals surface area contributed by atoms with E-state index in [1.807, 2.05) is 45.0 Å². The molecule has 3 amide bonds. The smallest absolute Gasteiger partial charge is 0.410 e. The molecule has 0 radical (unpaired) electrons. The molecule has 1 aromatic carbocycles.